The molecule has 14 heteroatoms. The van der Waals surface area contributed by atoms with E-state index in [0.29, 0.717) is 18.0 Å². The van der Waals surface area contributed by atoms with Crippen LogP contribution in [0.1, 0.15) is 80.0 Å². The number of nitrogens with two attached hydrogens (primary N) is 1. The summed E-state index contributed by atoms with van der Waals surface area (Å²) in [5.74, 6) is -0.226. The summed E-state index contributed by atoms with van der Waals surface area (Å²) >= 11 is 4.96. The number of aromatic nitrogens is 3. The third kappa shape index (κ3) is 7.39. The number of rotatable bonds is 7. The van der Waals surface area contributed by atoms with Gasteiger partial charge in [-0.05, 0) is 75.9 Å². The van der Waals surface area contributed by atoms with Gasteiger partial charge in [0.15, 0.2) is 6.23 Å². The molecular formula is C30H35ClF2N6O5. The van der Waals surface area contributed by atoms with Gasteiger partial charge in [0.05, 0.1) is 23.3 Å². The maximum atomic E-state index is 13.8. The number of hydrogen-bond donors (Lipinski definition) is 1. The van der Waals surface area contributed by atoms with E-state index in [1.165, 1.54) is 18.3 Å². The molecule has 2 aromatic heterocycles. The lowest BCUT2D eigenvalue weighted by Crippen LogP contribution is -2.54. The Morgan fingerprint density at radius 2 is 1.80 bits per heavy atom. The van der Waals surface area contributed by atoms with Crippen LogP contribution in [0, 0.1) is 0 Å². The highest BCUT2D eigenvalue weighted by molar-refractivity contribution is 6.20. The van der Waals surface area contributed by atoms with Crippen molar-refractivity contribution in [3.63, 3.8) is 0 Å². The Hall–Kier alpha value is -3.97. The number of nitrogens with zero attached hydrogens (tertiary/aromatic N) is 5. The second-order valence-corrected chi connectivity index (χ2v) is 12.2. The Morgan fingerprint density at radius 1 is 1.05 bits per heavy atom. The van der Waals surface area contributed by atoms with Crippen molar-refractivity contribution in [2.75, 3.05) is 24.6 Å². The van der Waals surface area contributed by atoms with Gasteiger partial charge in [-0.2, -0.15) is 5.10 Å². The van der Waals surface area contributed by atoms with Crippen LogP contribution in [0.4, 0.5) is 19.4 Å². The number of primary amides is 1. The van der Waals surface area contributed by atoms with Crippen molar-refractivity contribution in [1.29, 1.82) is 0 Å². The lowest BCUT2D eigenvalue weighted by molar-refractivity contribution is -0.0965. The molecule has 1 aromatic carbocycles. The molecule has 3 unspecified atom stereocenters. The number of carbonyl (C=O) groups excluding carboxylic acids is 2. The van der Waals surface area contributed by atoms with Gasteiger partial charge in [-0.3, -0.25) is 9.69 Å². The zero-order chi connectivity index (χ0) is 31.6. The Balaban J connectivity index is 1.57. The maximum absolute atomic E-state index is 13.8. The molecule has 2 amide bonds. The molecule has 2 aliphatic heterocycles. The molecule has 2 fully saturated rings. The summed E-state index contributed by atoms with van der Waals surface area (Å²) in [7, 11) is 0. The molecule has 2 N–H and O–H groups in total. The van der Waals surface area contributed by atoms with Crippen molar-refractivity contribution in [2.45, 2.75) is 69.5 Å². The Bertz CT molecular complexity index is 1450. The number of anilines is 1. The van der Waals surface area contributed by atoms with Crippen LogP contribution in [-0.2, 0) is 9.47 Å². The van der Waals surface area contributed by atoms with Gasteiger partial charge < -0.3 is 24.8 Å². The summed E-state index contributed by atoms with van der Waals surface area (Å²) in [4.78, 5) is 33.7. The van der Waals surface area contributed by atoms with Crippen molar-refractivity contribution >= 4 is 29.4 Å². The number of carbonyl (C=O) groups is 2. The topological polar surface area (TPSA) is 125 Å². The highest BCUT2D eigenvalue weighted by atomic mass is 35.5. The van der Waals surface area contributed by atoms with Crippen LogP contribution in [0.25, 0.3) is 0 Å². The minimum Gasteiger partial charge on any atom is -0.444 e. The Labute approximate surface area is 258 Å². The van der Waals surface area contributed by atoms with Crippen molar-refractivity contribution in [3.05, 3.63) is 71.7 Å². The summed E-state index contributed by atoms with van der Waals surface area (Å²) in [5, 5.41) is 4.57. The van der Waals surface area contributed by atoms with Crippen LogP contribution in [0.3, 0.4) is 0 Å². The number of ether oxygens (including phenoxy) is 3. The SMILES string of the molecule is CC(C)(C)OC(=O)N1CC(c2ccc(OC(F)(F)Cl)cc2)N(c2ccc(C(N)=O)cn2)CC1c1ccnn1C1CCCCO1. The van der Waals surface area contributed by atoms with Crippen molar-refractivity contribution in [3.8, 4) is 5.75 Å². The van der Waals surface area contributed by atoms with Gasteiger partial charge in [0, 0.05) is 43.7 Å². The quantitative estimate of drug-likeness (QED) is 0.325. The molecule has 44 heavy (non-hydrogen) atoms. The molecule has 0 aliphatic carbocycles. The fourth-order valence-electron chi connectivity index (χ4n) is 5.48. The van der Waals surface area contributed by atoms with Gasteiger partial charge in [-0.1, -0.05) is 12.1 Å². The minimum atomic E-state index is -3.86. The highest BCUT2D eigenvalue weighted by Crippen LogP contribution is 2.40. The fourth-order valence-corrected chi connectivity index (χ4v) is 5.57. The monoisotopic (exact) mass is 632 g/mol. The number of halogens is 3. The van der Waals surface area contributed by atoms with Crippen LogP contribution in [0.2, 0.25) is 0 Å². The van der Waals surface area contributed by atoms with Gasteiger partial charge in [0.1, 0.15) is 17.2 Å². The number of alkyl halides is 3. The predicted octanol–water partition coefficient (Wildman–Crippen LogP) is 5.78. The van der Waals surface area contributed by atoms with Crippen molar-refractivity contribution < 1.29 is 32.6 Å². The largest absolute Gasteiger partial charge is 0.487 e. The first-order valence-corrected chi connectivity index (χ1v) is 14.7. The molecule has 2 aliphatic rings. The van der Waals surface area contributed by atoms with Gasteiger partial charge in [-0.25, -0.2) is 14.5 Å². The lowest BCUT2D eigenvalue weighted by Gasteiger charge is -2.47. The van der Waals surface area contributed by atoms with E-state index in [1.807, 2.05) is 15.6 Å². The minimum absolute atomic E-state index is 0.127. The van der Waals surface area contributed by atoms with E-state index in [1.54, 1.807) is 56.1 Å². The second-order valence-electron chi connectivity index (χ2n) is 11.7. The number of pyridine rings is 1. The third-order valence-corrected chi connectivity index (χ3v) is 7.49. The second kappa shape index (κ2) is 12.6. The van der Waals surface area contributed by atoms with Crippen molar-refractivity contribution in [2.24, 2.45) is 5.73 Å². The predicted molar refractivity (Wildman–Crippen MR) is 157 cm³/mol. The molecule has 4 heterocycles. The average molecular weight is 633 g/mol. The summed E-state index contributed by atoms with van der Waals surface area (Å²) in [6.45, 7) is 6.39. The molecule has 0 saturated carbocycles. The molecule has 11 nitrogen and oxygen atoms in total. The van der Waals surface area contributed by atoms with E-state index in [4.69, 9.17) is 26.8 Å². The highest BCUT2D eigenvalue weighted by Gasteiger charge is 2.42. The summed E-state index contributed by atoms with van der Waals surface area (Å²) in [6, 6.07) is 10.1. The van der Waals surface area contributed by atoms with Crippen LogP contribution in [-0.4, -0.2) is 62.5 Å². The number of hydrogen-bond acceptors (Lipinski definition) is 8. The maximum Gasteiger partial charge on any atom is 0.487 e. The van der Waals surface area contributed by atoms with E-state index >= 15 is 0 Å². The molecule has 2 saturated heterocycles. The molecule has 236 valence electrons. The summed E-state index contributed by atoms with van der Waals surface area (Å²) in [5.41, 5.74) is 2.50. The fraction of sp³-hybridized carbons (Fsp3) is 0.467. The van der Waals surface area contributed by atoms with Crippen LogP contribution < -0.4 is 15.4 Å². The molecule has 0 radical (unpaired) electrons. The summed E-state index contributed by atoms with van der Waals surface area (Å²) < 4.78 is 44.8. The zero-order valence-corrected chi connectivity index (χ0v) is 25.4. The smallest absolute Gasteiger partial charge is 0.444 e. The Kier molecular flexibility index (Phi) is 8.98. The molecule has 5 rings (SSSR count). The van der Waals surface area contributed by atoms with Gasteiger partial charge in [0.25, 0.3) is 0 Å². The summed E-state index contributed by atoms with van der Waals surface area (Å²) in [6.07, 6.45) is 5.02. The van der Waals surface area contributed by atoms with Gasteiger partial charge >= 0.3 is 11.7 Å². The Morgan fingerprint density at radius 3 is 2.39 bits per heavy atom. The first-order chi connectivity index (χ1) is 20.8. The van der Waals surface area contributed by atoms with E-state index in [9.17, 15) is 18.4 Å². The zero-order valence-electron chi connectivity index (χ0n) is 24.7. The molecular weight excluding hydrogens is 598 g/mol. The van der Waals surface area contributed by atoms with Crippen molar-refractivity contribution in [1.82, 2.24) is 19.7 Å². The first kappa shape index (κ1) is 31.5. The first-order valence-electron chi connectivity index (χ1n) is 14.3. The standard InChI is InChI=1S/C30H35ClF2N6O5/c1-29(2,3)44-28(41)38-17-23(19-7-10-21(11-8-19)43-30(31,32)33)37(25-12-9-20(16-35-25)27(34)40)18-24(38)22-13-14-36-39(22)26-6-4-5-15-42-26/h7-14,16,23-24,26H,4-6,15,17-18H2,1-3H3,(H2,34,40). The average Bonchev–Trinajstić information content (AvgIpc) is 3.46. The van der Waals surface area contributed by atoms with Crippen LogP contribution in [0.15, 0.2) is 54.9 Å². The lowest BCUT2D eigenvalue weighted by atomic mass is 9.97. The van der Waals surface area contributed by atoms with Gasteiger partial charge in [0.2, 0.25) is 5.91 Å². The van der Waals surface area contributed by atoms with E-state index in [2.05, 4.69) is 14.8 Å². The molecule has 3 aromatic rings. The van der Waals surface area contributed by atoms with E-state index < -0.39 is 35.3 Å². The molecule has 3 atom stereocenters. The van der Waals surface area contributed by atoms with Crippen LogP contribution in [0.5, 0.6) is 5.75 Å². The normalized spacial score (nSPS) is 21.2. The van der Waals surface area contributed by atoms with E-state index in [-0.39, 0.29) is 30.6 Å². The molecule has 0 bridgehead atoms. The number of amides is 2. The van der Waals surface area contributed by atoms with Crippen LogP contribution >= 0.6 is 11.6 Å². The number of piperazine rings is 1. The number of benzene rings is 1. The third-order valence-electron chi connectivity index (χ3n) is 7.42. The molecule has 0 spiro atoms. The van der Waals surface area contributed by atoms with Gasteiger partial charge in [-0.15, -0.1) is 8.78 Å². The van der Waals surface area contributed by atoms with E-state index in [0.717, 1.165) is 25.0 Å².